The van der Waals surface area contributed by atoms with E-state index in [0.29, 0.717) is 5.13 Å². The lowest BCUT2D eigenvalue weighted by molar-refractivity contribution is 0.499. The summed E-state index contributed by atoms with van der Waals surface area (Å²) in [7, 11) is 0. The average molecular weight is 489 g/mol. The van der Waals surface area contributed by atoms with Gasteiger partial charge in [0.05, 0.1) is 0 Å². The molecule has 1 unspecified atom stereocenters. The van der Waals surface area contributed by atoms with Crippen LogP contribution < -0.4 is 4.90 Å². The Morgan fingerprint density at radius 3 is 2.50 bits per heavy atom. The molecule has 0 spiro atoms. The number of unbranched alkanes of at least 4 members (excludes halogenated alkanes) is 1. The number of rotatable bonds is 13. The number of thiazole rings is 1. The Bertz CT molecular complexity index is 965. The third-order valence-electron chi connectivity index (χ3n) is 5.29. The van der Waals surface area contributed by atoms with Crippen molar-refractivity contribution in [3.63, 3.8) is 0 Å². The van der Waals surface area contributed by atoms with Crippen molar-refractivity contribution in [2.45, 2.75) is 58.5 Å². The summed E-state index contributed by atoms with van der Waals surface area (Å²) in [4.78, 5) is 11.7. The van der Waals surface area contributed by atoms with Gasteiger partial charge in [-0.25, -0.2) is 4.98 Å². The number of azo groups is 1. The van der Waals surface area contributed by atoms with Crippen molar-refractivity contribution < 1.29 is 0 Å². The van der Waals surface area contributed by atoms with Gasteiger partial charge in [-0.15, -0.1) is 10.2 Å². The van der Waals surface area contributed by atoms with E-state index < -0.39 is 0 Å². The van der Waals surface area contributed by atoms with Gasteiger partial charge in [0.1, 0.15) is 5.69 Å². The fourth-order valence-electron chi connectivity index (χ4n) is 3.26. The minimum Gasteiger partial charge on any atom is -0.349 e. The smallest absolute Gasteiger partial charge is 0.250 e. The number of anilines is 1. The van der Waals surface area contributed by atoms with Gasteiger partial charge in [0.25, 0.3) is 0 Å². The summed E-state index contributed by atoms with van der Waals surface area (Å²) in [6, 6.07) is 10.2. The number of thioether (sulfide) groups is 1. The molecule has 0 radical (unpaired) electrons. The molecule has 0 saturated heterocycles. The Balaban J connectivity index is 1.74. The topological polar surface area (TPSA) is 66.6 Å². The molecule has 172 valence electrons. The standard InChI is InChI=1S/C23H32N6S3/c1-5-9-13-17(6-2)16-30-22-25-21(32-28-22)27-26-20-19(18-14-11-10-12-15-18)24-23(31-20)29(7-3)8-4/h10-12,14-15,17H,5-9,13,16H2,1-4H3. The number of hydrogen-bond donors (Lipinski definition) is 0. The summed E-state index contributed by atoms with van der Waals surface area (Å²) in [6.45, 7) is 10.6. The molecule has 32 heavy (non-hydrogen) atoms. The molecular weight excluding hydrogens is 456 g/mol. The molecule has 0 amide bonds. The first-order valence-electron chi connectivity index (χ1n) is 11.4. The highest BCUT2D eigenvalue weighted by Crippen LogP contribution is 2.40. The number of hydrogen-bond acceptors (Lipinski definition) is 9. The monoisotopic (exact) mass is 488 g/mol. The molecule has 0 aliphatic heterocycles. The lowest BCUT2D eigenvalue weighted by atomic mass is 10.0. The Labute approximate surface area is 203 Å². The molecule has 0 fully saturated rings. The van der Waals surface area contributed by atoms with Crippen molar-refractivity contribution in [3.8, 4) is 11.3 Å². The van der Waals surface area contributed by atoms with Crippen molar-refractivity contribution in [1.82, 2.24) is 14.3 Å². The Morgan fingerprint density at radius 2 is 1.81 bits per heavy atom. The van der Waals surface area contributed by atoms with Crippen LogP contribution in [0, 0.1) is 5.92 Å². The molecule has 6 nitrogen and oxygen atoms in total. The van der Waals surface area contributed by atoms with Crippen LogP contribution in [0.1, 0.15) is 53.4 Å². The molecule has 2 heterocycles. The third-order valence-corrected chi connectivity index (χ3v) is 8.09. The maximum atomic E-state index is 4.88. The fraction of sp³-hybridized carbons (Fsp3) is 0.522. The summed E-state index contributed by atoms with van der Waals surface area (Å²) in [5.74, 6) is 1.78. The molecule has 0 aliphatic rings. The summed E-state index contributed by atoms with van der Waals surface area (Å²) >= 11 is 4.60. The lowest BCUT2D eigenvalue weighted by Crippen LogP contribution is -2.21. The second kappa shape index (κ2) is 13.0. The minimum absolute atomic E-state index is 0.589. The van der Waals surface area contributed by atoms with Gasteiger partial charge in [0.15, 0.2) is 10.1 Å². The van der Waals surface area contributed by atoms with E-state index >= 15 is 0 Å². The molecule has 3 rings (SSSR count). The van der Waals surface area contributed by atoms with E-state index in [1.54, 1.807) is 23.1 Å². The van der Waals surface area contributed by atoms with E-state index in [-0.39, 0.29) is 0 Å². The third kappa shape index (κ3) is 6.83. The largest absolute Gasteiger partial charge is 0.349 e. The van der Waals surface area contributed by atoms with E-state index in [0.717, 1.165) is 51.3 Å². The zero-order chi connectivity index (χ0) is 22.8. The molecule has 0 bridgehead atoms. The second-order valence-electron chi connectivity index (χ2n) is 7.48. The molecule has 0 saturated carbocycles. The molecular formula is C23H32N6S3. The van der Waals surface area contributed by atoms with Crippen LogP contribution in [-0.4, -0.2) is 33.2 Å². The normalized spacial score (nSPS) is 12.5. The van der Waals surface area contributed by atoms with Crippen LogP contribution in [0.4, 0.5) is 15.3 Å². The van der Waals surface area contributed by atoms with Crippen LogP contribution in [0.25, 0.3) is 11.3 Å². The van der Waals surface area contributed by atoms with Crippen LogP contribution in [0.15, 0.2) is 45.7 Å². The van der Waals surface area contributed by atoms with Gasteiger partial charge in [-0.05, 0) is 26.2 Å². The summed E-state index contributed by atoms with van der Waals surface area (Å²) in [5, 5.41) is 12.1. The van der Waals surface area contributed by atoms with Gasteiger partial charge in [-0.3, -0.25) is 0 Å². The molecule has 0 aliphatic carbocycles. The summed E-state index contributed by atoms with van der Waals surface area (Å²) in [5.41, 5.74) is 1.91. The molecule has 9 heteroatoms. The molecule has 1 aromatic carbocycles. The second-order valence-corrected chi connectivity index (χ2v) is 10.1. The van der Waals surface area contributed by atoms with Crippen LogP contribution in [0.3, 0.4) is 0 Å². The summed E-state index contributed by atoms with van der Waals surface area (Å²) < 4.78 is 4.47. The van der Waals surface area contributed by atoms with E-state index in [1.165, 1.54) is 37.2 Å². The Morgan fingerprint density at radius 1 is 1.03 bits per heavy atom. The van der Waals surface area contributed by atoms with Crippen molar-refractivity contribution in [2.75, 3.05) is 23.7 Å². The Hall–Kier alpha value is -1.84. The van der Waals surface area contributed by atoms with E-state index in [2.05, 4.69) is 64.3 Å². The fourth-order valence-corrected chi connectivity index (χ4v) is 6.03. The van der Waals surface area contributed by atoms with E-state index in [1.807, 2.05) is 18.2 Å². The quantitative estimate of drug-likeness (QED) is 0.179. The van der Waals surface area contributed by atoms with Crippen molar-refractivity contribution in [2.24, 2.45) is 16.1 Å². The van der Waals surface area contributed by atoms with Gasteiger partial charge >= 0.3 is 0 Å². The van der Waals surface area contributed by atoms with E-state index in [9.17, 15) is 0 Å². The van der Waals surface area contributed by atoms with Crippen LogP contribution in [0.5, 0.6) is 0 Å². The Kier molecular flexibility index (Phi) is 10.1. The minimum atomic E-state index is 0.589. The highest BCUT2D eigenvalue weighted by molar-refractivity contribution is 7.99. The first kappa shape index (κ1) is 24.8. The highest BCUT2D eigenvalue weighted by Gasteiger charge is 2.17. The zero-order valence-electron chi connectivity index (χ0n) is 19.3. The zero-order valence-corrected chi connectivity index (χ0v) is 21.8. The van der Waals surface area contributed by atoms with Gasteiger partial charge in [0.2, 0.25) is 10.3 Å². The highest BCUT2D eigenvalue weighted by atomic mass is 32.2. The van der Waals surface area contributed by atoms with Crippen LogP contribution >= 0.6 is 34.6 Å². The van der Waals surface area contributed by atoms with Crippen molar-refractivity contribution >= 4 is 49.9 Å². The molecule has 0 N–H and O–H groups in total. The average Bonchev–Trinajstić information content (AvgIpc) is 3.46. The van der Waals surface area contributed by atoms with Crippen LogP contribution in [0.2, 0.25) is 0 Å². The predicted octanol–water partition coefficient (Wildman–Crippen LogP) is 8.23. The lowest BCUT2D eigenvalue weighted by Gasteiger charge is -2.16. The molecule has 3 aromatic rings. The van der Waals surface area contributed by atoms with Crippen molar-refractivity contribution in [3.05, 3.63) is 30.3 Å². The maximum absolute atomic E-state index is 4.88. The maximum Gasteiger partial charge on any atom is 0.250 e. The molecule has 1 atom stereocenters. The van der Waals surface area contributed by atoms with Crippen molar-refractivity contribution in [1.29, 1.82) is 0 Å². The van der Waals surface area contributed by atoms with Gasteiger partial charge in [-0.1, -0.05) is 86.5 Å². The van der Waals surface area contributed by atoms with Crippen LogP contribution in [-0.2, 0) is 0 Å². The number of aromatic nitrogens is 3. The SMILES string of the molecule is CCCCC(CC)CSc1nsc(N=Nc2sc(N(CC)CC)nc2-c2ccccc2)n1. The molecule has 2 aromatic heterocycles. The number of benzene rings is 1. The van der Waals surface area contributed by atoms with Gasteiger partial charge in [0, 0.05) is 35.9 Å². The number of nitrogens with zero attached hydrogens (tertiary/aromatic N) is 6. The first-order valence-corrected chi connectivity index (χ1v) is 13.9. The van der Waals surface area contributed by atoms with Gasteiger partial charge < -0.3 is 4.90 Å². The van der Waals surface area contributed by atoms with Gasteiger partial charge in [-0.2, -0.15) is 9.36 Å². The first-order chi connectivity index (χ1) is 15.7. The predicted molar refractivity (Wildman–Crippen MR) is 139 cm³/mol. The summed E-state index contributed by atoms with van der Waals surface area (Å²) in [6.07, 6.45) is 5.02. The van der Waals surface area contributed by atoms with E-state index in [4.69, 9.17) is 4.98 Å².